The molecule has 3 rings (SSSR count). The molecule has 0 bridgehead atoms. The highest BCUT2D eigenvalue weighted by molar-refractivity contribution is 7.12. The number of aryl methyl sites for hydroxylation is 1. The van der Waals surface area contributed by atoms with Crippen molar-refractivity contribution in [2.24, 2.45) is 5.73 Å². The highest BCUT2D eigenvalue weighted by Crippen LogP contribution is 2.44. The van der Waals surface area contributed by atoms with Gasteiger partial charge in [0.05, 0.1) is 11.1 Å². The summed E-state index contributed by atoms with van der Waals surface area (Å²) in [4.78, 5) is 6.09. The normalized spacial score (nSPS) is 19.4. The SMILES string of the molecule is Cc1nc(C2(c3ccccc3)CCOCC2)sc1C(C)N. The summed E-state index contributed by atoms with van der Waals surface area (Å²) in [7, 11) is 0. The van der Waals surface area contributed by atoms with Crippen molar-refractivity contribution in [2.45, 2.75) is 38.1 Å². The second-order valence-corrected chi connectivity index (χ2v) is 6.85. The van der Waals surface area contributed by atoms with Crippen LogP contribution < -0.4 is 5.73 Å². The molecule has 0 amide bonds. The van der Waals surface area contributed by atoms with Crippen molar-refractivity contribution in [3.63, 3.8) is 0 Å². The Labute approximate surface area is 130 Å². The fraction of sp³-hybridized carbons (Fsp3) is 0.471. The maximum atomic E-state index is 6.08. The van der Waals surface area contributed by atoms with Crippen LogP contribution in [0.4, 0.5) is 0 Å². The molecule has 1 aliphatic heterocycles. The Kier molecular flexibility index (Phi) is 4.11. The van der Waals surface area contributed by atoms with Crippen molar-refractivity contribution < 1.29 is 4.74 Å². The van der Waals surface area contributed by atoms with Gasteiger partial charge in [-0.2, -0.15) is 0 Å². The maximum absolute atomic E-state index is 6.08. The highest BCUT2D eigenvalue weighted by Gasteiger charge is 2.39. The van der Waals surface area contributed by atoms with E-state index in [1.807, 2.05) is 6.92 Å². The Morgan fingerprint density at radius 1 is 1.24 bits per heavy atom. The van der Waals surface area contributed by atoms with E-state index in [0.29, 0.717) is 0 Å². The lowest BCUT2D eigenvalue weighted by Crippen LogP contribution is -2.34. The minimum Gasteiger partial charge on any atom is -0.381 e. The molecule has 1 aliphatic rings. The Balaban J connectivity index is 2.10. The first kappa shape index (κ1) is 14.7. The number of aromatic nitrogens is 1. The predicted octanol–water partition coefficient (Wildman–Crippen LogP) is 3.57. The van der Waals surface area contributed by atoms with Gasteiger partial charge in [-0.05, 0) is 32.3 Å². The molecule has 2 aromatic rings. The van der Waals surface area contributed by atoms with Crippen LogP contribution in [0.1, 0.15) is 46.9 Å². The molecule has 1 saturated heterocycles. The number of ether oxygens (including phenoxy) is 1. The van der Waals surface area contributed by atoms with Gasteiger partial charge in [-0.25, -0.2) is 4.98 Å². The number of nitrogens with zero attached hydrogens (tertiary/aromatic N) is 1. The third-order valence-electron chi connectivity index (χ3n) is 4.33. The lowest BCUT2D eigenvalue weighted by atomic mass is 9.74. The van der Waals surface area contributed by atoms with E-state index < -0.39 is 0 Å². The molecule has 112 valence electrons. The highest BCUT2D eigenvalue weighted by atomic mass is 32.1. The van der Waals surface area contributed by atoms with Gasteiger partial charge in [0.15, 0.2) is 0 Å². The van der Waals surface area contributed by atoms with Gasteiger partial charge in [0.1, 0.15) is 5.01 Å². The summed E-state index contributed by atoms with van der Waals surface area (Å²) in [6.45, 7) is 5.68. The van der Waals surface area contributed by atoms with Crippen LogP contribution in [0.5, 0.6) is 0 Å². The van der Waals surface area contributed by atoms with Crippen LogP contribution in [0.3, 0.4) is 0 Å². The van der Waals surface area contributed by atoms with Crippen LogP contribution in [0.2, 0.25) is 0 Å². The second-order valence-electron chi connectivity index (χ2n) is 5.82. The molecule has 1 unspecified atom stereocenters. The van der Waals surface area contributed by atoms with E-state index in [2.05, 4.69) is 37.3 Å². The number of hydrogen-bond donors (Lipinski definition) is 1. The molecule has 3 nitrogen and oxygen atoms in total. The van der Waals surface area contributed by atoms with Crippen LogP contribution in [-0.4, -0.2) is 18.2 Å². The Bertz CT molecular complexity index is 601. The number of hydrogen-bond acceptors (Lipinski definition) is 4. The summed E-state index contributed by atoms with van der Waals surface area (Å²) in [5.74, 6) is 0. The lowest BCUT2D eigenvalue weighted by Gasteiger charge is -2.36. The second kappa shape index (κ2) is 5.87. The summed E-state index contributed by atoms with van der Waals surface area (Å²) < 4.78 is 5.60. The average molecular weight is 302 g/mol. The zero-order valence-corrected chi connectivity index (χ0v) is 13.5. The Morgan fingerprint density at radius 2 is 1.90 bits per heavy atom. The zero-order valence-electron chi connectivity index (χ0n) is 12.6. The maximum Gasteiger partial charge on any atom is 0.104 e. The number of rotatable bonds is 3. The Hall–Kier alpha value is -1.23. The first-order chi connectivity index (χ1) is 10.1. The van der Waals surface area contributed by atoms with E-state index in [4.69, 9.17) is 15.5 Å². The molecule has 21 heavy (non-hydrogen) atoms. The smallest absolute Gasteiger partial charge is 0.104 e. The van der Waals surface area contributed by atoms with Crippen LogP contribution in [0.15, 0.2) is 30.3 Å². The van der Waals surface area contributed by atoms with E-state index in [0.717, 1.165) is 31.7 Å². The van der Waals surface area contributed by atoms with E-state index in [1.165, 1.54) is 15.4 Å². The van der Waals surface area contributed by atoms with Gasteiger partial charge >= 0.3 is 0 Å². The van der Waals surface area contributed by atoms with Crippen molar-refractivity contribution in [3.05, 3.63) is 51.5 Å². The lowest BCUT2D eigenvalue weighted by molar-refractivity contribution is 0.0630. The molecule has 2 heterocycles. The number of nitrogens with two attached hydrogens (primary N) is 1. The fourth-order valence-corrected chi connectivity index (χ4v) is 4.43. The molecule has 1 fully saturated rings. The molecule has 4 heteroatoms. The molecule has 1 aromatic heterocycles. The first-order valence-corrected chi connectivity index (χ1v) is 8.32. The molecular weight excluding hydrogens is 280 g/mol. The number of benzene rings is 1. The molecule has 1 atom stereocenters. The van der Waals surface area contributed by atoms with Gasteiger partial charge in [-0.1, -0.05) is 30.3 Å². The van der Waals surface area contributed by atoms with Crippen molar-refractivity contribution in [1.29, 1.82) is 0 Å². The van der Waals surface area contributed by atoms with Crippen LogP contribution in [0, 0.1) is 6.92 Å². The molecule has 2 N–H and O–H groups in total. The first-order valence-electron chi connectivity index (χ1n) is 7.50. The van der Waals surface area contributed by atoms with Crippen molar-refractivity contribution in [1.82, 2.24) is 4.98 Å². The van der Waals surface area contributed by atoms with Crippen molar-refractivity contribution in [2.75, 3.05) is 13.2 Å². The van der Waals surface area contributed by atoms with Gasteiger partial charge in [0.2, 0.25) is 0 Å². The van der Waals surface area contributed by atoms with Crippen molar-refractivity contribution in [3.8, 4) is 0 Å². The van der Waals surface area contributed by atoms with E-state index >= 15 is 0 Å². The van der Waals surface area contributed by atoms with Crippen LogP contribution >= 0.6 is 11.3 Å². The van der Waals surface area contributed by atoms with Gasteiger partial charge in [-0.15, -0.1) is 11.3 Å². The monoisotopic (exact) mass is 302 g/mol. The zero-order chi connectivity index (χ0) is 14.9. The summed E-state index contributed by atoms with van der Waals surface area (Å²) in [6, 6.07) is 10.8. The van der Waals surface area contributed by atoms with Crippen LogP contribution in [-0.2, 0) is 10.2 Å². The largest absolute Gasteiger partial charge is 0.381 e. The quantitative estimate of drug-likeness (QED) is 0.943. The minimum atomic E-state index is -0.0118. The van der Waals surface area contributed by atoms with Crippen LogP contribution in [0.25, 0.3) is 0 Å². The van der Waals surface area contributed by atoms with Gasteiger partial charge < -0.3 is 10.5 Å². The van der Waals surface area contributed by atoms with Gasteiger partial charge in [0.25, 0.3) is 0 Å². The average Bonchev–Trinajstić information content (AvgIpc) is 2.91. The third kappa shape index (κ3) is 2.63. The molecule has 0 radical (unpaired) electrons. The summed E-state index contributed by atoms with van der Waals surface area (Å²) in [6.07, 6.45) is 1.98. The Morgan fingerprint density at radius 3 is 2.48 bits per heavy atom. The molecule has 0 spiro atoms. The van der Waals surface area contributed by atoms with Gasteiger partial charge in [0, 0.05) is 24.1 Å². The van der Waals surface area contributed by atoms with Gasteiger partial charge in [-0.3, -0.25) is 0 Å². The van der Waals surface area contributed by atoms with E-state index in [-0.39, 0.29) is 11.5 Å². The minimum absolute atomic E-state index is 0.0118. The van der Waals surface area contributed by atoms with E-state index in [1.54, 1.807) is 11.3 Å². The fourth-order valence-electron chi connectivity index (χ4n) is 3.14. The summed E-state index contributed by atoms with van der Waals surface area (Å²) >= 11 is 1.78. The van der Waals surface area contributed by atoms with E-state index in [9.17, 15) is 0 Å². The predicted molar refractivity (Wildman–Crippen MR) is 86.7 cm³/mol. The summed E-state index contributed by atoms with van der Waals surface area (Å²) in [5.41, 5.74) is 8.49. The summed E-state index contributed by atoms with van der Waals surface area (Å²) in [5, 5.41) is 1.20. The topological polar surface area (TPSA) is 48.1 Å². The molecule has 1 aromatic carbocycles. The van der Waals surface area contributed by atoms with Crippen molar-refractivity contribution >= 4 is 11.3 Å². The standard InChI is InChI=1S/C17H22N2OS/c1-12(18)15-13(2)19-16(21-15)17(8-10-20-11-9-17)14-6-4-3-5-7-14/h3-7,12H,8-11,18H2,1-2H3. The third-order valence-corrected chi connectivity index (χ3v) is 5.89. The molecule has 0 saturated carbocycles. The number of thiazole rings is 1. The molecular formula is C17H22N2OS. The molecule has 0 aliphatic carbocycles.